The molecule has 214 valence electrons. The van der Waals surface area contributed by atoms with Gasteiger partial charge in [0.25, 0.3) is 0 Å². The van der Waals surface area contributed by atoms with Gasteiger partial charge in [-0.1, -0.05) is 78.3 Å². The van der Waals surface area contributed by atoms with Gasteiger partial charge in [0, 0.05) is 5.69 Å². The van der Waals surface area contributed by atoms with Crippen molar-refractivity contribution < 1.29 is 9.90 Å². The Morgan fingerprint density at radius 1 is 0.846 bits per heavy atom. The van der Waals surface area contributed by atoms with Crippen LogP contribution in [0.3, 0.4) is 0 Å². The third kappa shape index (κ3) is 3.73. The standard InChI is InChI=1S/C36H53NO2/c1-31(2)19-21-36(30(39)37-24-11-9-8-10-12-24)22-20-34(6)25(26(36)23-31)13-14-28-33(5)17-16-29(38)32(3,4)27(33)15-18-35(28,34)7/h8-13,26-29,38H,14-23H2,1-7H3,(H,37,39)/t26-,27-,28+,29-,33-,34+,35+,36-/m0/s1. The van der Waals surface area contributed by atoms with Crippen molar-refractivity contribution in [1.82, 2.24) is 0 Å². The van der Waals surface area contributed by atoms with E-state index in [0.717, 1.165) is 57.1 Å². The lowest BCUT2D eigenvalue weighted by Gasteiger charge is -2.71. The first-order valence-corrected chi connectivity index (χ1v) is 15.9. The van der Waals surface area contributed by atoms with Crippen LogP contribution in [0.25, 0.3) is 0 Å². The molecule has 4 saturated carbocycles. The number of hydrogen-bond donors (Lipinski definition) is 2. The van der Waals surface area contributed by atoms with E-state index in [-0.39, 0.29) is 44.5 Å². The summed E-state index contributed by atoms with van der Waals surface area (Å²) in [6.45, 7) is 17.3. The summed E-state index contributed by atoms with van der Waals surface area (Å²) in [4.78, 5) is 14.3. The maximum absolute atomic E-state index is 14.3. The number of carbonyl (C=O) groups excluding carboxylic acids is 1. The maximum atomic E-state index is 14.3. The molecule has 6 rings (SSSR count). The van der Waals surface area contributed by atoms with E-state index in [4.69, 9.17) is 0 Å². The number of fused-ring (bicyclic) bond motifs is 7. The number of rotatable bonds is 2. The molecule has 0 heterocycles. The molecule has 3 heteroatoms. The van der Waals surface area contributed by atoms with Gasteiger partial charge in [0.15, 0.2) is 0 Å². The predicted molar refractivity (Wildman–Crippen MR) is 160 cm³/mol. The lowest BCUT2D eigenvalue weighted by molar-refractivity contribution is -0.203. The van der Waals surface area contributed by atoms with E-state index in [1.165, 1.54) is 12.8 Å². The number of carbonyl (C=O) groups is 1. The molecule has 5 aliphatic rings. The summed E-state index contributed by atoms with van der Waals surface area (Å²) in [5, 5.41) is 14.4. The van der Waals surface area contributed by atoms with E-state index < -0.39 is 0 Å². The fraction of sp³-hybridized carbons (Fsp3) is 0.750. The summed E-state index contributed by atoms with van der Waals surface area (Å²) in [6.07, 6.45) is 13.4. The molecule has 0 radical (unpaired) electrons. The van der Waals surface area contributed by atoms with E-state index in [9.17, 15) is 9.90 Å². The zero-order valence-electron chi connectivity index (χ0n) is 25.7. The van der Waals surface area contributed by atoms with Gasteiger partial charge in [-0.2, -0.15) is 0 Å². The first kappa shape index (κ1) is 27.6. The molecule has 39 heavy (non-hydrogen) atoms. The molecule has 0 spiro atoms. The smallest absolute Gasteiger partial charge is 0.231 e. The predicted octanol–water partition coefficient (Wildman–Crippen LogP) is 8.79. The monoisotopic (exact) mass is 531 g/mol. The second kappa shape index (κ2) is 8.70. The fourth-order valence-corrected chi connectivity index (χ4v) is 11.4. The van der Waals surface area contributed by atoms with Gasteiger partial charge in [-0.15, -0.1) is 0 Å². The molecule has 3 nitrogen and oxygen atoms in total. The molecule has 0 aliphatic heterocycles. The minimum atomic E-state index is -0.308. The number of anilines is 1. The minimum Gasteiger partial charge on any atom is -0.393 e. The number of aliphatic hydroxyl groups is 1. The van der Waals surface area contributed by atoms with Crippen LogP contribution in [0.5, 0.6) is 0 Å². The summed E-state index contributed by atoms with van der Waals surface area (Å²) < 4.78 is 0. The molecule has 0 bridgehead atoms. The Morgan fingerprint density at radius 2 is 1.54 bits per heavy atom. The van der Waals surface area contributed by atoms with Crippen molar-refractivity contribution in [2.75, 3.05) is 5.32 Å². The molecule has 1 aromatic rings. The molecule has 1 amide bonds. The molecule has 1 aromatic carbocycles. The highest BCUT2D eigenvalue weighted by Gasteiger charge is 2.69. The van der Waals surface area contributed by atoms with Gasteiger partial charge in [0.05, 0.1) is 11.5 Å². The molecular weight excluding hydrogens is 478 g/mol. The zero-order valence-corrected chi connectivity index (χ0v) is 25.7. The van der Waals surface area contributed by atoms with Crippen molar-refractivity contribution in [3.05, 3.63) is 42.0 Å². The number of benzene rings is 1. The number of amides is 1. The van der Waals surface area contributed by atoms with Gasteiger partial charge >= 0.3 is 0 Å². The number of allylic oxidation sites excluding steroid dienone is 2. The summed E-state index contributed by atoms with van der Waals surface area (Å²) in [5.41, 5.74) is 3.08. The molecule has 5 aliphatic carbocycles. The number of para-hydroxylation sites is 1. The largest absolute Gasteiger partial charge is 0.393 e. The summed E-state index contributed by atoms with van der Waals surface area (Å²) >= 11 is 0. The van der Waals surface area contributed by atoms with Crippen LogP contribution >= 0.6 is 0 Å². The highest BCUT2D eigenvalue weighted by molar-refractivity contribution is 5.96. The van der Waals surface area contributed by atoms with Crippen molar-refractivity contribution in [1.29, 1.82) is 0 Å². The fourth-order valence-electron chi connectivity index (χ4n) is 11.4. The quantitative estimate of drug-likeness (QED) is 0.375. The summed E-state index contributed by atoms with van der Waals surface area (Å²) in [7, 11) is 0. The Kier molecular flexibility index (Phi) is 6.14. The van der Waals surface area contributed by atoms with Crippen molar-refractivity contribution in [3.8, 4) is 0 Å². The highest BCUT2D eigenvalue weighted by Crippen LogP contribution is 2.75. The molecule has 0 unspecified atom stereocenters. The zero-order chi connectivity index (χ0) is 28.1. The van der Waals surface area contributed by atoms with Gasteiger partial charge in [0.1, 0.15) is 0 Å². The van der Waals surface area contributed by atoms with E-state index >= 15 is 0 Å². The number of aliphatic hydroxyl groups excluding tert-OH is 1. The number of nitrogens with one attached hydrogen (secondary N) is 1. The van der Waals surface area contributed by atoms with E-state index in [1.54, 1.807) is 5.57 Å². The highest BCUT2D eigenvalue weighted by atomic mass is 16.3. The van der Waals surface area contributed by atoms with E-state index in [0.29, 0.717) is 17.8 Å². The van der Waals surface area contributed by atoms with Gasteiger partial charge in [-0.25, -0.2) is 0 Å². The van der Waals surface area contributed by atoms with Crippen LogP contribution in [0.1, 0.15) is 113 Å². The van der Waals surface area contributed by atoms with Crippen LogP contribution in [-0.2, 0) is 4.79 Å². The van der Waals surface area contributed by atoms with Crippen LogP contribution in [0.15, 0.2) is 42.0 Å². The number of hydrogen-bond acceptors (Lipinski definition) is 2. The van der Waals surface area contributed by atoms with Crippen LogP contribution in [0, 0.1) is 50.2 Å². The van der Waals surface area contributed by atoms with Crippen molar-refractivity contribution in [3.63, 3.8) is 0 Å². The average Bonchev–Trinajstić information content (AvgIpc) is 2.87. The van der Waals surface area contributed by atoms with Crippen molar-refractivity contribution in [2.24, 2.45) is 50.2 Å². The van der Waals surface area contributed by atoms with Gasteiger partial charge < -0.3 is 10.4 Å². The second-order valence-corrected chi connectivity index (χ2v) is 16.6. The maximum Gasteiger partial charge on any atom is 0.231 e. The van der Waals surface area contributed by atoms with Crippen LogP contribution in [0.4, 0.5) is 5.69 Å². The van der Waals surface area contributed by atoms with Crippen LogP contribution in [-0.4, -0.2) is 17.1 Å². The third-order valence-electron chi connectivity index (χ3n) is 14.1. The Labute approximate surface area is 237 Å². The van der Waals surface area contributed by atoms with E-state index in [2.05, 4.69) is 59.9 Å². The van der Waals surface area contributed by atoms with Crippen molar-refractivity contribution >= 4 is 11.6 Å². The summed E-state index contributed by atoms with van der Waals surface area (Å²) in [5.74, 6) is 1.77. The minimum absolute atomic E-state index is 0.0239. The Balaban J connectivity index is 1.40. The SMILES string of the molecule is CC1(C)CC[C@]2(C(=O)Nc3ccccc3)CC[C@]3(C)C(=CC[C@@H]4[C@@]5(C)CC[C@H](O)C(C)(C)[C@@H]5CC[C@]43C)[C@@H]2C1. The normalized spacial score (nSPS) is 46.0. The van der Waals surface area contributed by atoms with Crippen LogP contribution in [0.2, 0.25) is 0 Å². The second-order valence-electron chi connectivity index (χ2n) is 16.6. The molecule has 4 fully saturated rings. The van der Waals surface area contributed by atoms with Crippen LogP contribution < -0.4 is 5.32 Å². The van der Waals surface area contributed by atoms with E-state index in [1.807, 2.05) is 30.3 Å². The average molecular weight is 532 g/mol. The Hall–Kier alpha value is -1.61. The molecular formula is C36H53NO2. The molecule has 8 atom stereocenters. The lowest BCUT2D eigenvalue weighted by Crippen LogP contribution is -2.65. The van der Waals surface area contributed by atoms with Gasteiger partial charge in [0.2, 0.25) is 5.91 Å². The molecule has 0 saturated heterocycles. The van der Waals surface area contributed by atoms with Gasteiger partial charge in [-0.05, 0) is 121 Å². The Bertz CT molecular complexity index is 1170. The molecule has 0 aromatic heterocycles. The van der Waals surface area contributed by atoms with Gasteiger partial charge in [-0.3, -0.25) is 4.79 Å². The van der Waals surface area contributed by atoms with Crippen molar-refractivity contribution in [2.45, 2.75) is 119 Å². The summed E-state index contributed by atoms with van der Waals surface area (Å²) in [6, 6.07) is 10.1. The Morgan fingerprint density at radius 3 is 2.26 bits per heavy atom. The first-order valence-electron chi connectivity index (χ1n) is 15.9. The lowest BCUT2D eigenvalue weighted by atomic mass is 9.33. The first-order chi connectivity index (χ1) is 18.2. The third-order valence-corrected chi connectivity index (χ3v) is 14.1. The topological polar surface area (TPSA) is 49.3 Å². The molecule has 2 N–H and O–H groups in total.